The van der Waals surface area contributed by atoms with Gasteiger partial charge < -0.3 is 0 Å². The van der Waals surface area contributed by atoms with Gasteiger partial charge in [0.2, 0.25) is 0 Å². The van der Waals surface area contributed by atoms with E-state index < -0.39 is 0 Å². The second-order valence-corrected chi connectivity index (χ2v) is 5.01. The fourth-order valence-corrected chi connectivity index (χ4v) is 2.89. The van der Waals surface area contributed by atoms with E-state index in [0.717, 1.165) is 25.9 Å². The Labute approximate surface area is 109 Å². The second kappa shape index (κ2) is 6.51. The van der Waals surface area contributed by atoms with Gasteiger partial charge >= 0.3 is 0 Å². The lowest BCUT2D eigenvalue weighted by atomic mass is 9.84. The summed E-state index contributed by atoms with van der Waals surface area (Å²) in [4.78, 5) is 6.50. The highest BCUT2D eigenvalue weighted by Crippen LogP contribution is 2.28. The Hall–Kier alpha value is -1.40. The smallest absolute Gasteiger partial charge is 0.0672 e. The third-order valence-corrected chi connectivity index (χ3v) is 3.91. The van der Waals surface area contributed by atoms with Crippen LogP contribution in [0.15, 0.2) is 24.5 Å². The van der Waals surface area contributed by atoms with Gasteiger partial charge in [-0.15, -0.1) is 0 Å². The summed E-state index contributed by atoms with van der Waals surface area (Å²) in [5.41, 5.74) is 1.29. The standard InChI is InChI=1S/C15H21N3/c1-2-18(12-13-7-9-17-10-8-13)15-6-4-3-5-14(15)11-16/h7-10,14-15H,2-6,12H2,1H3. The van der Waals surface area contributed by atoms with E-state index in [1.165, 1.54) is 18.4 Å². The molecule has 2 unspecified atom stereocenters. The molecular weight excluding hydrogens is 222 g/mol. The van der Waals surface area contributed by atoms with Gasteiger partial charge in [0.1, 0.15) is 0 Å². The van der Waals surface area contributed by atoms with Gasteiger partial charge in [0.15, 0.2) is 0 Å². The Morgan fingerprint density at radius 2 is 2.06 bits per heavy atom. The van der Waals surface area contributed by atoms with E-state index in [0.29, 0.717) is 6.04 Å². The summed E-state index contributed by atoms with van der Waals surface area (Å²) in [7, 11) is 0. The van der Waals surface area contributed by atoms with Crippen molar-refractivity contribution < 1.29 is 0 Å². The largest absolute Gasteiger partial charge is 0.295 e. The molecule has 0 bridgehead atoms. The summed E-state index contributed by atoms with van der Waals surface area (Å²) in [5, 5.41) is 9.29. The number of hydrogen-bond acceptors (Lipinski definition) is 3. The maximum absolute atomic E-state index is 9.29. The molecule has 96 valence electrons. The first-order valence-electron chi connectivity index (χ1n) is 6.87. The van der Waals surface area contributed by atoms with Crippen LogP contribution >= 0.6 is 0 Å². The summed E-state index contributed by atoms with van der Waals surface area (Å²) in [6.45, 7) is 4.12. The van der Waals surface area contributed by atoms with Crippen molar-refractivity contribution in [2.75, 3.05) is 6.54 Å². The number of nitriles is 1. The Morgan fingerprint density at radius 3 is 2.72 bits per heavy atom. The van der Waals surface area contributed by atoms with E-state index in [2.05, 4.69) is 35.0 Å². The molecule has 1 aliphatic carbocycles. The first-order valence-corrected chi connectivity index (χ1v) is 6.87. The minimum absolute atomic E-state index is 0.209. The molecule has 3 heteroatoms. The molecule has 1 aromatic rings. The SMILES string of the molecule is CCN(Cc1ccncc1)C1CCCCC1C#N. The Bertz CT molecular complexity index is 396. The van der Waals surface area contributed by atoms with Crippen molar-refractivity contribution in [3.05, 3.63) is 30.1 Å². The molecule has 18 heavy (non-hydrogen) atoms. The zero-order valence-electron chi connectivity index (χ0n) is 11.0. The lowest BCUT2D eigenvalue weighted by molar-refractivity contribution is 0.126. The summed E-state index contributed by atoms with van der Waals surface area (Å²) >= 11 is 0. The average molecular weight is 243 g/mol. The van der Waals surface area contributed by atoms with Crippen LogP contribution < -0.4 is 0 Å². The van der Waals surface area contributed by atoms with Gasteiger partial charge in [0.05, 0.1) is 12.0 Å². The predicted octanol–water partition coefficient (Wildman–Crippen LogP) is 2.99. The van der Waals surface area contributed by atoms with Gasteiger partial charge in [-0.2, -0.15) is 5.26 Å². The molecule has 2 rings (SSSR count). The van der Waals surface area contributed by atoms with Crippen LogP contribution in [0, 0.1) is 17.2 Å². The summed E-state index contributed by atoms with van der Waals surface area (Å²) in [6.07, 6.45) is 8.38. The van der Waals surface area contributed by atoms with E-state index in [9.17, 15) is 5.26 Å². The lowest BCUT2D eigenvalue weighted by Gasteiger charge is -2.36. The minimum atomic E-state index is 0.209. The highest BCUT2D eigenvalue weighted by molar-refractivity contribution is 5.10. The highest BCUT2D eigenvalue weighted by atomic mass is 15.2. The van der Waals surface area contributed by atoms with Crippen molar-refractivity contribution in [3.63, 3.8) is 0 Å². The van der Waals surface area contributed by atoms with Crippen LogP contribution in [0.2, 0.25) is 0 Å². The van der Waals surface area contributed by atoms with Crippen LogP contribution in [0.5, 0.6) is 0 Å². The molecular formula is C15H21N3. The van der Waals surface area contributed by atoms with E-state index in [1.54, 1.807) is 0 Å². The zero-order valence-corrected chi connectivity index (χ0v) is 11.0. The van der Waals surface area contributed by atoms with Gasteiger partial charge in [0, 0.05) is 25.0 Å². The first-order chi connectivity index (χ1) is 8.85. The summed E-state index contributed by atoms with van der Waals surface area (Å²) in [6, 6.07) is 7.06. The van der Waals surface area contributed by atoms with E-state index in [-0.39, 0.29) is 5.92 Å². The van der Waals surface area contributed by atoms with Crippen molar-refractivity contribution in [1.29, 1.82) is 5.26 Å². The fourth-order valence-electron chi connectivity index (χ4n) is 2.89. The van der Waals surface area contributed by atoms with Crippen molar-refractivity contribution in [2.24, 2.45) is 5.92 Å². The van der Waals surface area contributed by atoms with Crippen LogP contribution in [0.25, 0.3) is 0 Å². The average Bonchev–Trinajstić information content (AvgIpc) is 2.46. The normalized spacial score (nSPS) is 23.8. The molecule has 2 atom stereocenters. The monoisotopic (exact) mass is 243 g/mol. The molecule has 3 nitrogen and oxygen atoms in total. The van der Waals surface area contributed by atoms with Crippen molar-refractivity contribution in [2.45, 2.75) is 45.2 Å². The van der Waals surface area contributed by atoms with Crippen molar-refractivity contribution in [1.82, 2.24) is 9.88 Å². The molecule has 0 saturated heterocycles. The number of nitrogens with zero attached hydrogens (tertiary/aromatic N) is 3. The van der Waals surface area contributed by atoms with Crippen molar-refractivity contribution in [3.8, 4) is 6.07 Å². The van der Waals surface area contributed by atoms with Crippen LogP contribution in [0.3, 0.4) is 0 Å². The van der Waals surface area contributed by atoms with Gasteiger partial charge in [-0.25, -0.2) is 0 Å². The Morgan fingerprint density at radius 1 is 1.33 bits per heavy atom. The van der Waals surface area contributed by atoms with Gasteiger partial charge in [0.25, 0.3) is 0 Å². The summed E-state index contributed by atoms with van der Waals surface area (Å²) in [5.74, 6) is 0.209. The quantitative estimate of drug-likeness (QED) is 0.816. The van der Waals surface area contributed by atoms with Crippen LogP contribution in [0.1, 0.15) is 38.2 Å². The zero-order chi connectivity index (χ0) is 12.8. The molecule has 0 radical (unpaired) electrons. The predicted molar refractivity (Wildman–Crippen MR) is 71.7 cm³/mol. The topological polar surface area (TPSA) is 39.9 Å². The highest BCUT2D eigenvalue weighted by Gasteiger charge is 2.29. The van der Waals surface area contributed by atoms with E-state index in [1.807, 2.05) is 12.4 Å². The van der Waals surface area contributed by atoms with E-state index in [4.69, 9.17) is 0 Å². The van der Waals surface area contributed by atoms with E-state index >= 15 is 0 Å². The number of rotatable bonds is 4. The number of hydrogen-bond donors (Lipinski definition) is 0. The second-order valence-electron chi connectivity index (χ2n) is 5.01. The minimum Gasteiger partial charge on any atom is -0.295 e. The first kappa shape index (κ1) is 13.0. The van der Waals surface area contributed by atoms with Crippen LogP contribution in [-0.2, 0) is 6.54 Å². The maximum atomic E-state index is 9.29. The molecule has 0 N–H and O–H groups in total. The van der Waals surface area contributed by atoms with Crippen LogP contribution in [0.4, 0.5) is 0 Å². The number of aromatic nitrogens is 1. The molecule has 0 spiro atoms. The fraction of sp³-hybridized carbons (Fsp3) is 0.600. The maximum Gasteiger partial charge on any atom is 0.0672 e. The molecule has 0 aliphatic heterocycles. The van der Waals surface area contributed by atoms with Gasteiger partial charge in [-0.3, -0.25) is 9.88 Å². The van der Waals surface area contributed by atoms with Gasteiger partial charge in [-0.1, -0.05) is 19.8 Å². The third kappa shape index (κ3) is 3.08. The molecule has 1 aliphatic rings. The molecule has 1 aromatic heterocycles. The third-order valence-electron chi connectivity index (χ3n) is 3.91. The molecule has 0 aromatic carbocycles. The molecule has 1 fully saturated rings. The summed E-state index contributed by atoms with van der Waals surface area (Å²) < 4.78 is 0. The molecule has 0 amide bonds. The Balaban J connectivity index is 2.05. The lowest BCUT2D eigenvalue weighted by Crippen LogP contribution is -2.41. The van der Waals surface area contributed by atoms with Crippen LogP contribution in [-0.4, -0.2) is 22.5 Å². The van der Waals surface area contributed by atoms with Crippen molar-refractivity contribution >= 4 is 0 Å². The molecule has 1 saturated carbocycles. The number of pyridine rings is 1. The Kier molecular flexibility index (Phi) is 4.72. The molecule has 1 heterocycles. The van der Waals surface area contributed by atoms with Gasteiger partial charge in [-0.05, 0) is 37.1 Å².